The second kappa shape index (κ2) is 8.03. The maximum absolute atomic E-state index is 12.4. The number of methoxy groups -OCH3 is 1. The number of hydrogen-bond donors (Lipinski definition) is 1. The number of carbonyl (C=O) groups excluding carboxylic acids is 2. The monoisotopic (exact) mass is 373 g/mol. The van der Waals surface area contributed by atoms with Crippen LogP contribution in [-0.4, -0.2) is 31.6 Å². The van der Waals surface area contributed by atoms with E-state index in [1.807, 2.05) is 6.07 Å². The van der Waals surface area contributed by atoms with Crippen LogP contribution in [0.4, 0.5) is 0 Å². The summed E-state index contributed by atoms with van der Waals surface area (Å²) in [5.41, 5.74) is 1.25. The number of carbonyl (C=O) groups is 2. The predicted octanol–water partition coefficient (Wildman–Crippen LogP) is 3.85. The number of ether oxygens (including phenoxy) is 2. The lowest BCUT2D eigenvalue weighted by molar-refractivity contribution is -0.125. The van der Waals surface area contributed by atoms with Crippen LogP contribution in [0.25, 0.3) is 11.0 Å². The summed E-state index contributed by atoms with van der Waals surface area (Å²) in [6.07, 6.45) is 3.27. The van der Waals surface area contributed by atoms with Crippen molar-refractivity contribution in [3.63, 3.8) is 0 Å². The molecule has 6 nitrogen and oxygen atoms in total. The molecule has 6 heteroatoms. The van der Waals surface area contributed by atoms with E-state index >= 15 is 0 Å². The van der Waals surface area contributed by atoms with Crippen molar-refractivity contribution in [3.8, 4) is 5.75 Å². The summed E-state index contributed by atoms with van der Waals surface area (Å²) >= 11 is 0. The zero-order valence-electron chi connectivity index (χ0n) is 16.3. The van der Waals surface area contributed by atoms with E-state index in [2.05, 4.69) is 19.2 Å². The molecule has 1 saturated carbocycles. The molecule has 0 radical (unpaired) electrons. The van der Waals surface area contributed by atoms with Gasteiger partial charge in [0.25, 0.3) is 5.91 Å². The van der Waals surface area contributed by atoms with E-state index in [1.165, 1.54) is 6.42 Å². The summed E-state index contributed by atoms with van der Waals surface area (Å²) in [7, 11) is 1.58. The maximum Gasteiger partial charge on any atom is 0.375 e. The van der Waals surface area contributed by atoms with E-state index in [0.29, 0.717) is 28.7 Å². The van der Waals surface area contributed by atoms with Gasteiger partial charge in [0.2, 0.25) is 5.76 Å². The molecule has 1 fully saturated rings. The van der Waals surface area contributed by atoms with Crippen LogP contribution >= 0.6 is 0 Å². The quantitative estimate of drug-likeness (QED) is 0.806. The van der Waals surface area contributed by atoms with Crippen molar-refractivity contribution in [1.29, 1.82) is 0 Å². The third-order valence-corrected chi connectivity index (χ3v) is 5.72. The van der Waals surface area contributed by atoms with Crippen molar-refractivity contribution in [2.45, 2.75) is 46.1 Å². The van der Waals surface area contributed by atoms with Gasteiger partial charge in [-0.25, -0.2) is 4.79 Å². The highest BCUT2D eigenvalue weighted by Crippen LogP contribution is 2.30. The molecule has 0 bridgehead atoms. The number of amides is 1. The van der Waals surface area contributed by atoms with Crippen molar-refractivity contribution in [1.82, 2.24) is 5.32 Å². The zero-order valence-corrected chi connectivity index (χ0v) is 16.3. The van der Waals surface area contributed by atoms with E-state index in [0.717, 1.165) is 18.2 Å². The van der Waals surface area contributed by atoms with Crippen LogP contribution in [0.15, 0.2) is 22.6 Å². The molecule has 1 aromatic heterocycles. The topological polar surface area (TPSA) is 77.8 Å². The van der Waals surface area contributed by atoms with Gasteiger partial charge in [0.05, 0.1) is 7.11 Å². The minimum atomic E-state index is -0.636. The second-order valence-corrected chi connectivity index (χ2v) is 7.44. The third kappa shape index (κ3) is 4.10. The second-order valence-electron chi connectivity index (χ2n) is 7.44. The van der Waals surface area contributed by atoms with Gasteiger partial charge in [-0.15, -0.1) is 0 Å². The first-order valence-corrected chi connectivity index (χ1v) is 9.44. The fourth-order valence-corrected chi connectivity index (χ4v) is 3.75. The predicted molar refractivity (Wildman–Crippen MR) is 102 cm³/mol. The summed E-state index contributed by atoms with van der Waals surface area (Å²) in [4.78, 5) is 24.6. The number of rotatable bonds is 5. The number of hydrogen-bond acceptors (Lipinski definition) is 5. The lowest BCUT2D eigenvalue weighted by Crippen LogP contribution is -2.45. The highest BCUT2D eigenvalue weighted by Gasteiger charge is 2.28. The molecular weight excluding hydrogens is 346 g/mol. The molecular formula is C21H27NO5. The van der Waals surface area contributed by atoms with E-state index in [9.17, 15) is 9.59 Å². The first kappa shape index (κ1) is 19.3. The minimum Gasteiger partial charge on any atom is -0.497 e. The highest BCUT2D eigenvalue weighted by molar-refractivity contribution is 5.97. The number of fused-ring (bicyclic) bond motifs is 1. The van der Waals surface area contributed by atoms with Crippen molar-refractivity contribution in [2.75, 3.05) is 13.7 Å². The molecule has 0 saturated heterocycles. The highest BCUT2D eigenvalue weighted by atomic mass is 16.5. The number of esters is 1. The van der Waals surface area contributed by atoms with Crippen LogP contribution in [0.2, 0.25) is 0 Å². The molecule has 3 atom stereocenters. The summed E-state index contributed by atoms with van der Waals surface area (Å²) < 4.78 is 16.0. The molecule has 0 spiro atoms. The van der Waals surface area contributed by atoms with E-state index in [-0.39, 0.29) is 24.3 Å². The lowest BCUT2D eigenvalue weighted by atomic mass is 9.78. The molecule has 1 aliphatic carbocycles. The minimum absolute atomic E-state index is 0.116. The van der Waals surface area contributed by atoms with Gasteiger partial charge < -0.3 is 19.2 Å². The molecule has 0 unspecified atom stereocenters. The van der Waals surface area contributed by atoms with Gasteiger partial charge >= 0.3 is 5.97 Å². The zero-order chi connectivity index (χ0) is 19.6. The number of furan rings is 1. The van der Waals surface area contributed by atoms with Crippen molar-refractivity contribution in [3.05, 3.63) is 29.5 Å². The van der Waals surface area contributed by atoms with E-state index in [4.69, 9.17) is 13.9 Å². The van der Waals surface area contributed by atoms with E-state index in [1.54, 1.807) is 26.2 Å². The van der Waals surface area contributed by atoms with Crippen molar-refractivity contribution < 1.29 is 23.5 Å². The summed E-state index contributed by atoms with van der Waals surface area (Å²) in [6.45, 7) is 5.85. The first-order chi connectivity index (χ1) is 12.9. The molecule has 1 aromatic carbocycles. The Bertz CT molecular complexity index is 840. The Labute approximate surface area is 159 Å². The Hall–Kier alpha value is -2.50. The number of nitrogens with one attached hydrogen (secondary N) is 1. The largest absolute Gasteiger partial charge is 0.497 e. The van der Waals surface area contributed by atoms with Crippen molar-refractivity contribution >= 4 is 22.8 Å². The average Bonchev–Trinajstić information content (AvgIpc) is 2.99. The Kier molecular flexibility index (Phi) is 5.73. The Balaban J connectivity index is 1.61. The molecule has 1 amide bonds. The summed E-state index contributed by atoms with van der Waals surface area (Å²) in [5, 5.41) is 3.79. The van der Waals surface area contributed by atoms with Crippen LogP contribution in [-0.2, 0) is 9.53 Å². The summed E-state index contributed by atoms with van der Waals surface area (Å²) in [6, 6.07) is 5.46. The molecule has 146 valence electrons. The smallest absolute Gasteiger partial charge is 0.375 e. The van der Waals surface area contributed by atoms with E-state index < -0.39 is 5.97 Å². The molecule has 3 rings (SSSR count). The molecule has 1 aliphatic rings. The van der Waals surface area contributed by atoms with Crippen LogP contribution < -0.4 is 10.1 Å². The van der Waals surface area contributed by atoms with Crippen molar-refractivity contribution in [2.24, 2.45) is 11.8 Å². The maximum atomic E-state index is 12.4. The molecule has 1 N–H and O–H groups in total. The molecule has 1 heterocycles. The van der Waals surface area contributed by atoms with Gasteiger partial charge in [0, 0.05) is 17.0 Å². The fraction of sp³-hybridized carbons (Fsp3) is 0.524. The average molecular weight is 373 g/mol. The van der Waals surface area contributed by atoms with Gasteiger partial charge in [-0.05, 0) is 43.4 Å². The Morgan fingerprint density at radius 3 is 2.78 bits per heavy atom. The Morgan fingerprint density at radius 1 is 1.26 bits per heavy atom. The Morgan fingerprint density at radius 2 is 2.04 bits per heavy atom. The standard InChI is InChI=1S/C21H27NO5/c1-12-6-5-7-17(13(12)2)22-19(23)11-26-21(24)20-14(3)16-10-15(25-4)8-9-18(16)27-20/h8-10,12-13,17H,5-7,11H2,1-4H3,(H,22,23)/t12-,13+,17+/m0/s1. The molecule has 2 aromatic rings. The number of aryl methyl sites for hydroxylation is 1. The van der Waals surface area contributed by atoms with Crippen LogP contribution in [0, 0.1) is 18.8 Å². The van der Waals surface area contributed by atoms with Crippen LogP contribution in [0.3, 0.4) is 0 Å². The fourth-order valence-electron chi connectivity index (χ4n) is 3.75. The molecule has 0 aliphatic heterocycles. The molecule has 27 heavy (non-hydrogen) atoms. The lowest BCUT2D eigenvalue weighted by Gasteiger charge is -2.34. The third-order valence-electron chi connectivity index (χ3n) is 5.72. The SMILES string of the molecule is COc1ccc2oc(C(=O)OCC(=O)N[C@@H]3CCC[C@H](C)[C@H]3C)c(C)c2c1. The van der Waals surface area contributed by atoms with Crippen LogP contribution in [0.1, 0.15) is 49.2 Å². The van der Waals surface area contributed by atoms with Crippen LogP contribution in [0.5, 0.6) is 5.75 Å². The van der Waals surface area contributed by atoms with Gasteiger partial charge in [0.15, 0.2) is 6.61 Å². The number of benzene rings is 1. The van der Waals surface area contributed by atoms with Gasteiger partial charge in [-0.2, -0.15) is 0 Å². The van der Waals surface area contributed by atoms with Gasteiger partial charge in [0.1, 0.15) is 11.3 Å². The van der Waals surface area contributed by atoms with Gasteiger partial charge in [-0.1, -0.05) is 26.7 Å². The summed E-state index contributed by atoms with van der Waals surface area (Å²) in [5.74, 6) is 0.896. The normalized spacial score (nSPS) is 22.4. The van der Waals surface area contributed by atoms with Gasteiger partial charge in [-0.3, -0.25) is 4.79 Å². The first-order valence-electron chi connectivity index (χ1n) is 9.44.